The van der Waals surface area contributed by atoms with Crippen molar-refractivity contribution in [1.82, 2.24) is 0 Å². The number of cyclic esters (lactones) is 2. The summed E-state index contributed by atoms with van der Waals surface area (Å²) in [5.74, 6) is -1.67. The van der Waals surface area contributed by atoms with E-state index in [2.05, 4.69) is 13.8 Å². The monoisotopic (exact) mass is 250 g/mol. The van der Waals surface area contributed by atoms with E-state index < -0.39 is 23.1 Å². The van der Waals surface area contributed by atoms with Crippen LogP contribution in [0, 0.1) is 22.7 Å². The highest BCUT2D eigenvalue weighted by Gasteiger charge is 2.86. The first-order valence-corrected chi connectivity index (χ1v) is 6.33. The smallest absolute Gasteiger partial charge is 0.331 e. The molecule has 2 saturated carbocycles. The van der Waals surface area contributed by atoms with Crippen molar-refractivity contribution in [3.8, 4) is 0 Å². The van der Waals surface area contributed by atoms with Crippen LogP contribution < -0.4 is 0 Å². The standard InChI is InChI=1S/C14H18O4/c1-6-7-8-9(12(8,2)3)14(7)10(15)17-13(4,5)18-11(14)16/h6,8-9H,1-5H3/b7-6-. The highest BCUT2D eigenvalue weighted by Crippen LogP contribution is 2.82. The van der Waals surface area contributed by atoms with Gasteiger partial charge < -0.3 is 9.47 Å². The Bertz CT molecular complexity index is 478. The summed E-state index contributed by atoms with van der Waals surface area (Å²) in [6, 6.07) is 0. The predicted molar refractivity (Wildman–Crippen MR) is 63.2 cm³/mol. The molecule has 4 heteroatoms. The van der Waals surface area contributed by atoms with Crippen LogP contribution in [0.1, 0.15) is 34.6 Å². The second-order valence-corrected chi connectivity index (χ2v) is 6.51. The van der Waals surface area contributed by atoms with Crippen molar-refractivity contribution in [1.29, 1.82) is 0 Å². The molecule has 1 heterocycles. The molecule has 0 aromatic rings. The van der Waals surface area contributed by atoms with E-state index in [0.29, 0.717) is 5.92 Å². The maximum absolute atomic E-state index is 12.4. The van der Waals surface area contributed by atoms with E-state index in [-0.39, 0.29) is 11.3 Å². The molecule has 0 bridgehead atoms. The molecule has 3 rings (SSSR count). The summed E-state index contributed by atoms with van der Waals surface area (Å²) in [4.78, 5) is 24.7. The van der Waals surface area contributed by atoms with Gasteiger partial charge in [-0.15, -0.1) is 0 Å². The first-order valence-electron chi connectivity index (χ1n) is 6.33. The summed E-state index contributed by atoms with van der Waals surface area (Å²) >= 11 is 0. The zero-order valence-electron chi connectivity index (χ0n) is 11.4. The molecule has 1 spiro atoms. The zero-order valence-corrected chi connectivity index (χ0v) is 11.4. The largest absolute Gasteiger partial charge is 0.422 e. The third-order valence-corrected chi connectivity index (χ3v) is 4.72. The zero-order chi connectivity index (χ0) is 13.5. The molecule has 4 nitrogen and oxygen atoms in total. The molecule has 0 aromatic heterocycles. The summed E-state index contributed by atoms with van der Waals surface area (Å²) in [7, 11) is 0. The number of esters is 2. The number of carbonyl (C=O) groups is 2. The number of fused-ring (bicyclic) bond motifs is 2. The number of hydrogen-bond acceptors (Lipinski definition) is 4. The van der Waals surface area contributed by atoms with Crippen LogP contribution in [0.3, 0.4) is 0 Å². The van der Waals surface area contributed by atoms with E-state index >= 15 is 0 Å². The summed E-state index contributed by atoms with van der Waals surface area (Å²) in [5, 5.41) is 0. The lowest BCUT2D eigenvalue weighted by Gasteiger charge is -2.46. The average Bonchev–Trinajstić information content (AvgIpc) is 2.60. The molecular formula is C14H18O4. The number of ether oxygens (including phenoxy) is 2. The molecule has 0 radical (unpaired) electrons. The lowest BCUT2D eigenvalue weighted by Crippen LogP contribution is -2.59. The molecule has 1 saturated heterocycles. The first-order chi connectivity index (χ1) is 8.19. The van der Waals surface area contributed by atoms with Gasteiger partial charge in [0.2, 0.25) is 0 Å². The number of rotatable bonds is 0. The van der Waals surface area contributed by atoms with Gasteiger partial charge in [-0.3, -0.25) is 9.59 Å². The maximum Gasteiger partial charge on any atom is 0.331 e. The van der Waals surface area contributed by atoms with Gasteiger partial charge in [-0.25, -0.2) is 0 Å². The third-order valence-electron chi connectivity index (χ3n) is 4.72. The molecule has 2 aliphatic carbocycles. The molecule has 0 N–H and O–H groups in total. The highest BCUT2D eigenvalue weighted by molar-refractivity contribution is 6.09. The minimum absolute atomic E-state index is 0.0125. The number of hydrogen-bond donors (Lipinski definition) is 0. The topological polar surface area (TPSA) is 52.6 Å². The summed E-state index contributed by atoms with van der Waals surface area (Å²) in [6.07, 6.45) is 1.87. The second kappa shape index (κ2) is 2.81. The van der Waals surface area contributed by atoms with Gasteiger partial charge in [-0.1, -0.05) is 19.9 Å². The van der Waals surface area contributed by atoms with Crippen LogP contribution in [0.15, 0.2) is 11.6 Å². The molecule has 2 atom stereocenters. The average molecular weight is 250 g/mol. The van der Waals surface area contributed by atoms with E-state index in [9.17, 15) is 9.59 Å². The molecule has 0 amide bonds. The Labute approximate surface area is 106 Å². The molecule has 0 aromatic carbocycles. The third kappa shape index (κ3) is 0.990. The van der Waals surface area contributed by atoms with Crippen LogP contribution >= 0.6 is 0 Å². The fraction of sp³-hybridized carbons (Fsp3) is 0.714. The van der Waals surface area contributed by atoms with Gasteiger partial charge >= 0.3 is 11.9 Å². The Kier molecular flexibility index (Phi) is 1.83. The van der Waals surface area contributed by atoms with Crippen LogP contribution in [0.2, 0.25) is 0 Å². The number of allylic oxidation sites excluding steroid dienone is 1. The van der Waals surface area contributed by atoms with E-state index in [1.165, 1.54) is 0 Å². The van der Waals surface area contributed by atoms with Crippen molar-refractivity contribution in [2.45, 2.75) is 40.4 Å². The lowest BCUT2D eigenvalue weighted by molar-refractivity contribution is -0.253. The summed E-state index contributed by atoms with van der Waals surface area (Å²) in [6.45, 7) is 9.20. The SMILES string of the molecule is C/C=C1/C2C(C13C(=O)OC(C)(C)OC3=O)C2(C)C. The van der Waals surface area contributed by atoms with Gasteiger partial charge in [0.1, 0.15) is 0 Å². The molecule has 3 aliphatic rings. The molecule has 98 valence electrons. The lowest BCUT2D eigenvalue weighted by atomic mass is 9.63. The van der Waals surface area contributed by atoms with Crippen molar-refractivity contribution in [2.75, 3.05) is 0 Å². The van der Waals surface area contributed by atoms with Crippen LogP contribution in [-0.4, -0.2) is 17.7 Å². The van der Waals surface area contributed by atoms with Gasteiger partial charge in [0.25, 0.3) is 5.79 Å². The second-order valence-electron chi connectivity index (χ2n) is 6.51. The Morgan fingerprint density at radius 3 is 2.00 bits per heavy atom. The van der Waals surface area contributed by atoms with Crippen LogP contribution in [0.4, 0.5) is 0 Å². The van der Waals surface area contributed by atoms with Gasteiger partial charge in [-0.05, 0) is 23.8 Å². The van der Waals surface area contributed by atoms with Gasteiger partial charge in [0.05, 0.1) is 0 Å². The van der Waals surface area contributed by atoms with Crippen LogP contribution in [0.25, 0.3) is 0 Å². The van der Waals surface area contributed by atoms with Crippen molar-refractivity contribution < 1.29 is 19.1 Å². The van der Waals surface area contributed by atoms with Crippen molar-refractivity contribution in [2.24, 2.45) is 22.7 Å². The summed E-state index contributed by atoms with van der Waals surface area (Å²) in [5.41, 5.74) is -0.289. The fourth-order valence-corrected chi connectivity index (χ4v) is 3.96. The van der Waals surface area contributed by atoms with Crippen molar-refractivity contribution >= 4 is 11.9 Å². The normalized spacial score (nSPS) is 39.7. The van der Waals surface area contributed by atoms with Crippen LogP contribution in [0.5, 0.6) is 0 Å². The molecule has 2 unspecified atom stereocenters. The van der Waals surface area contributed by atoms with Crippen LogP contribution in [-0.2, 0) is 19.1 Å². The Morgan fingerprint density at radius 1 is 1.06 bits per heavy atom. The van der Waals surface area contributed by atoms with Crippen molar-refractivity contribution in [3.05, 3.63) is 11.6 Å². The first kappa shape index (κ1) is 11.8. The Hall–Kier alpha value is -1.32. The molecule has 1 aliphatic heterocycles. The molecule has 18 heavy (non-hydrogen) atoms. The summed E-state index contributed by atoms with van der Waals surface area (Å²) < 4.78 is 10.6. The predicted octanol–water partition coefficient (Wildman–Crippen LogP) is 2.04. The van der Waals surface area contributed by atoms with Gasteiger partial charge in [-0.2, -0.15) is 0 Å². The number of carbonyl (C=O) groups excluding carboxylic acids is 2. The van der Waals surface area contributed by atoms with E-state index in [0.717, 1.165) is 5.57 Å². The van der Waals surface area contributed by atoms with E-state index in [1.54, 1.807) is 13.8 Å². The van der Waals surface area contributed by atoms with Gasteiger partial charge in [0.15, 0.2) is 5.41 Å². The minimum Gasteiger partial charge on any atom is -0.422 e. The molecule has 3 fully saturated rings. The van der Waals surface area contributed by atoms with Gasteiger partial charge in [0, 0.05) is 19.8 Å². The minimum atomic E-state index is -1.15. The van der Waals surface area contributed by atoms with Crippen molar-refractivity contribution in [3.63, 3.8) is 0 Å². The quantitative estimate of drug-likeness (QED) is 0.375. The Morgan fingerprint density at radius 2 is 1.56 bits per heavy atom. The maximum atomic E-state index is 12.4. The molecular weight excluding hydrogens is 232 g/mol. The highest BCUT2D eigenvalue weighted by atomic mass is 16.7. The Balaban J connectivity index is 2.07. The fourth-order valence-electron chi connectivity index (χ4n) is 3.96. The van der Waals surface area contributed by atoms with E-state index in [1.807, 2.05) is 13.0 Å². The van der Waals surface area contributed by atoms with E-state index in [4.69, 9.17) is 9.47 Å².